The second-order valence-corrected chi connectivity index (χ2v) is 9.52. The highest BCUT2D eigenvalue weighted by Crippen LogP contribution is 2.35. The molecular weight excluding hydrogens is 372 g/mol. The highest BCUT2D eigenvalue weighted by atomic mass is 32.2. The molecule has 1 aromatic heterocycles. The second-order valence-electron chi connectivity index (χ2n) is 8.53. The molecule has 1 aliphatic heterocycles. The molecule has 154 valence electrons. The van der Waals surface area contributed by atoms with Crippen LogP contribution >= 0.6 is 11.8 Å². The van der Waals surface area contributed by atoms with Crippen LogP contribution in [0.15, 0.2) is 23.4 Å². The Morgan fingerprint density at radius 3 is 2.64 bits per heavy atom. The fraction of sp³-hybridized carbons (Fsp3) is 0.682. The molecule has 0 radical (unpaired) electrons. The first-order valence-electron chi connectivity index (χ1n) is 10.5. The molecule has 2 aliphatic rings. The lowest BCUT2D eigenvalue weighted by molar-refractivity contribution is -0.152. The molecule has 1 saturated heterocycles. The van der Waals surface area contributed by atoms with Crippen LogP contribution in [0.1, 0.15) is 63.2 Å². The summed E-state index contributed by atoms with van der Waals surface area (Å²) in [7, 11) is 0. The first kappa shape index (κ1) is 21.2. The fourth-order valence-corrected chi connectivity index (χ4v) is 4.91. The number of likely N-dealkylation sites (tertiary alicyclic amines) is 1. The minimum absolute atomic E-state index is 0.0327. The Morgan fingerprint density at radius 1 is 1.25 bits per heavy atom. The highest BCUT2D eigenvalue weighted by Gasteiger charge is 2.33. The lowest BCUT2D eigenvalue weighted by atomic mass is 9.75. The molecule has 3 atom stereocenters. The van der Waals surface area contributed by atoms with Crippen molar-refractivity contribution in [1.82, 2.24) is 9.88 Å². The van der Waals surface area contributed by atoms with E-state index < -0.39 is 0 Å². The van der Waals surface area contributed by atoms with Gasteiger partial charge in [0, 0.05) is 19.3 Å². The fourth-order valence-electron chi connectivity index (χ4n) is 4.28. The van der Waals surface area contributed by atoms with Crippen LogP contribution < -0.4 is 0 Å². The van der Waals surface area contributed by atoms with Crippen molar-refractivity contribution in [2.45, 2.75) is 64.0 Å². The summed E-state index contributed by atoms with van der Waals surface area (Å²) in [4.78, 5) is 31.0. The minimum atomic E-state index is -0.172. The molecule has 1 saturated carbocycles. The monoisotopic (exact) mass is 404 g/mol. The number of hydrogen-bond donors (Lipinski definition) is 0. The van der Waals surface area contributed by atoms with Gasteiger partial charge in [-0.15, -0.1) is 0 Å². The quantitative estimate of drug-likeness (QED) is 0.519. The maximum Gasteiger partial charge on any atom is 0.316 e. The molecule has 2 heterocycles. The van der Waals surface area contributed by atoms with E-state index in [0.29, 0.717) is 23.3 Å². The van der Waals surface area contributed by atoms with Crippen molar-refractivity contribution in [3.63, 3.8) is 0 Å². The first-order chi connectivity index (χ1) is 13.4. The normalized spacial score (nSPS) is 25.1. The average Bonchev–Trinajstić information content (AvgIpc) is 3.21. The van der Waals surface area contributed by atoms with Gasteiger partial charge in [0.15, 0.2) is 0 Å². The van der Waals surface area contributed by atoms with Crippen LogP contribution in [0.25, 0.3) is 0 Å². The molecule has 3 unspecified atom stereocenters. The summed E-state index contributed by atoms with van der Waals surface area (Å²) < 4.78 is 5.84. The Labute approximate surface area is 172 Å². The van der Waals surface area contributed by atoms with Crippen molar-refractivity contribution in [3.05, 3.63) is 23.9 Å². The molecule has 6 heteroatoms. The second kappa shape index (κ2) is 9.77. The van der Waals surface area contributed by atoms with Gasteiger partial charge in [0.2, 0.25) is 0 Å². The van der Waals surface area contributed by atoms with Crippen LogP contribution in [0.5, 0.6) is 0 Å². The van der Waals surface area contributed by atoms with E-state index in [1.165, 1.54) is 18.2 Å². The number of carbonyl (C=O) groups excluding carboxylic acids is 2. The van der Waals surface area contributed by atoms with Gasteiger partial charge < -0.3 is 9.64 Å². The molecule has 1 aromatic rings. The van der Waals surface area contributed by atoms with E-state index >= 15 is 0 Å². The predicted octanol–water partition coefficient (Wildman–Crippen LogP) is 4.41. The van der Waals surface area contributed by atoms with Crippen LogP contribution in [-0.4, -0.2) is 46.7 Å². The topological polar surface area (TPSA) is 59.5 Å². The molecule has 1 aliphatic carbocycles. The lowest BCUT2D eigenvalue weighted by Gasteiger charge is -2.36. The van der Waals surface area contributed by atoms with Crippen molar-refractivity contribution < 1.29 is 14.3 Å². The summed E-state index contributed by atoms with van der Waals surface area (Å²) in [6, 6.07) is 3.62. The summed E-state index contributed by atoms with van der Waals surface area (Å²) in [6.45, 7) is 8.33. The van der Waals surface area contributed by atoms with Crippen molar-refractivity contribution >= 4 is 23.6 Å². The maximum atomic E-state index is 12.4. The van der Waals surface area contributed by atoms with Crippen molar-refractivity contribution in [3.8, 4) is 0 Å². The molecule has 5 nitrogen and oxygen atoms in total. The number of aromatic nitrogens is 1. The standard InChI is InChI=1S/C22H32N2O3S/c1-15(2)18-8-6-16(3)12-19(18)27-21(25)14-28-20-9-7-17(13-23-20)22(26)24-10-4-5-11-24/h7,9,13,15-16,18-19H,4-6,8,10-12,14H2,1-3H3. The summed E-state index contributed by atoms with van der Waals surface area (Å²) >= 11 is 1.37. The van der Waals surface area contributed by atoms with E-state index in [0.717, 1.165) is 43.8 Å². The van der Waals surface area contributed by atoms with Crippen molar-refractivity contribution in [1.29, 1.82) is 0 Å². The number of thioether (sulfide) groups is 1. The number of rotatable bonds is 6. The van der Waals surface area contributed by atoms with Gasteiger partial charge >= 0.3 is 5.97 Å². The Kier molecular flexibility index (Phi) is 7.38. The van der Waals surface area contributed by atoms with Crippen LogP contribution in [-0.2, 0) is 9.53 Å². The van der Waals surface area contributed by atoms with E-state index in [-0.39, 0.29) is 23.7 Å². The van der Waals surface area contributed by atoms with Gasteiger partial charge in [0.1, 0.15) is 6.10 Å². The summed E-state index contributed by atoms with van der Waals surface area (Å²) in [6.07, 6.45) is 7.12. The van der Waals surface area contributed by atoms with Gasteiger partial charge in [-0.3, -0.25) is 9.59 Å². The van der Waals surface area contributed by atoms with E-state index in [2.05, 4.69) is 25.8 Å². The largest absolute Gasteiger partial charge is 0.461 e. The van der Waals surface area contributed by atoms with Crippen LogP contribution in [0.3, 0.4) is 0 Å². The van der Waals surface area contributed by atoms with Crippen LogP contribution in [0.4, 0.5) is 0 Å². The third kappa shape index (κ3) is 5.49. The molecule has 0 bridgehead atoms. The SMILES string of the molecule is CC1CCC(C(C)C)C(OC(=O)CSc2ccc(C(=O)N3CCCC3)cn2)C1. The molecular formula is C22H32N2O3S. The minimum Gasteiger partial charge on any atom is -0.461 e. The van der Waals surface area contributed by atoms with Gasteiger partial charge in [-0.2, -0.15) is 0 Å². The summed E-state index contributed by atoms with van der Waals surface area (Å²) in [5, 5.41) is 0.743. The number of pyridine rings is 1. The Bertz CT molecular complexity index is 671. The van der Waals surface area contributed by atoms with Crippen molar-refractivity contribution in [2.24, 2.45) is 17.8 Å². The molecule has 0 spiro atoms. The molecule has 3 rings (SSSR count). The molecule has 0 N–H and O–H groups in total. The number of hydrogen-bond acceptors (Lipinski definition) is 5. The summed E-state index contributed by atoms with van der Waals surface area (Å²) in [5.41, 5.74) is 0.616. The molecule has 0 aromatic carbocycles. The Balaban J connectivity index is 1.49. The Morgan fingerprint density at radius 2 is 2.00 bits per heavy atom. The average molecular weight is 405 g/mol. The van der Waals surface area contributed by atoms with Crippen LogP contribution in [0.2, 0.25) is 0 Å². The zero-order valence-corrected chi connectivity index (χ0v) is 18.0. The summed E-state index contributed by atoms with van der Waals surface area (Å²) in [5.74, 6) is 1.73. The van der Waals surface area contributed by atoms with Crippen LogP contribution in [0, 0.1) is 17.8 Å². The number of amides is 1. The molecule has 28 heavy (non-hydrogen) atoms. The third-order valence-corrected chi connectivity index (χ3v) is 6.88. The van der Waals surface area contributed by atoms with E-state index in [1.807, 2.05) is 11.0 Å². The molecule has 1 amide bonds. The zero-order valence-electron chi connectivity index (χ0n) is 17.2. The van der Waals surface area contributed by atoms with Gasteiger partial charge in [0.05, 0.1) is 16.3 Å². The number of carbonyl (C=O) groups is 2. The zero-order chi connectivity index (χ0) is 20.1. The number of ether oxygens (including phenoxy) is 1. The van der Waals surface area contributed by atoms with Crippen molar-refractivity contribution in [2.75, 3.05) is 18.8 Å². The van der Waals surface area contributed by atoms with E-state index in [1.54, 1.807) is 12.3 Å². The van der Waals surface area contributed by atoms with Gasteiger partial charge in [-0.1, -0.05) is 39.0 Å². The van der Waals surface area contributed by atoms with Gasteiger partial charge in [0.25, 0.3) is 5.91 Å². The first-order valence-corrected chi connectivity index (χ1v) is 11.5. The van der Waals surface area contributed by atoms with Gasteiger partial charge in [-0.05, 0) is 55.6 Å². The van der Waals surface area contributed by atoms with E-state index in [4.69, 9.17) is 4.74 Å². The number of nitrogens with zero attached hydrogens (tertiary/aromatic N) is 2. The number of esters is 1. The molecule has 2 fully saturated rings. The van der Waals surface area contributed by atoms with E-state index in [9.17, 15) is 9.59 Å². The highest BCUT2D eigenvalue weighted by molar-refractivity contribution is 7.99. The third-order valence-electron chi connectivity index (χ3n) is 5.96. The van der Waals surface area contributed by atoms with Gasteiger partial charge in [-0.25, -0.2) is 4.98 Å². The maximum absolute atomic E-state index is 12.4. The lowest BCUT2D eigenvalue weighted by Crippen LogP contribution is -2.36. The smallest absolute Gasteiger partial charge is 0.316 e. The Hall–Kier alpha value is -1.56. The predicted molar refractivity (Wildman–Crippen MR) is 111 cm³/mol.